The Hall–Kier alpha value is -1.59. The average Bonchev–Trinajstić information content (AvgIpc) is 2.20. The van der Waals surface area contributed by atoms with Crippen LogP contribution in [0.2, 0.25) is 0 Å². The van der Waals surface area contributed by atoms with Crippen LogP contribution in [0, 0.1) is 0 Å². The predicted octanol–water partition coefficient (Wildman–Crippen LogP) is 0.886. The molecule has 14 heavy (non-hydrogen) atoms. The summed E-state index contributed by atoms with van der Waals surface area (Å²) in [5.41, 5.74) is 0.837. The second kappa shape index (κ2) is 5.21. The molecule has 5 nitrogen and oxygen atoms in total. The molecule has 0 saturated heterocycles. The molecule has 76 valence electrons. The van der Waals surface area contributed by atoms with Crippen molar-refractivity contribution < 1.29 is 14.7 Å². The standard InChI is InChI=1S/C9H12N2O3/c10-14-8(6-11-9(12)13)7-4-2-1-3-5-7/h1-5,8,11H,6,10H2,(H,12,13). The van der Waals surface area contributed by atoms with Crippen LogP contribution < -0.4 is 11.2 Å². The van der Waals surface area contributed by atoms with Gasteiger partial charge in [-0.25, -0.2) is 10.7 Å². The third kappa shape index (κ3) is 3.04. The van der Waals surface area contributed by atoms with Crippen molar-refractivity contribution in [2.45, 2.75) is 6.10 Å². The smallest absolute Gasteiger partial charge is 0.404 e. The van der Waals surface area contributed by atoms with Gasteiger partial charge < -0.3 is 10.4 Å². The minimum Gasteiger partial charge on any atom is -0.465 e. The molecule has 1 atom stereocenters. The lowest BCUT2D eigenvalue weighted by Crippen LogP contribution is -2.29. The Labute approximate surface area is 81.4 Å². The Morgan fingerprint density at radius 2 is 2.14 bits per heavy atom. The maximum atomic E-state index is 10.2. The van der Waals surface area contributed by atoms with Crippen LogP contribution in [0.4, 0.5) is 4.79 Å². The highest BCUT2D eigenvalue weighted by molar-refractivity contribution is 5.64. The highest BCUT2D eigenvalue weighted by Crippen LogP contribution is 2.13. The highest BCUT2D eigenvalue weighted by atomic mass is 16.6. The number of carboxylic acid groups (broad SMARTS) is 1. The van der Waals surface area contributed by atoms with E-state index in [9.17, 15) is 4.79 Å². The minimum absolute atomic E-state index is 0.135. The lowest BCUT2D eigenvalue weighted by molar-refractivity contribution is 0.0526. The van der Waals surface area contributed by atoms with Crippen molar-refractivity contribution >= 4 is 6.09 Å². The third-order valence-corrected chi connectivity index (χ3v) is 1.77. The first kappa shape index (κ1) is 10.5. The Bertz CT molecular complexity index is 289. The molecule has 0 radical (unpaired) electrons. The van der Waals surface area contributed by atoms with Gasteiger partial charge in [0.2, 0.25) is 0 Å². The van der Waals surface area contributed by atoms with Crippen LogP contribution in [0.25, 0.3) is 0 Å². The minimum atomic E-state index is -1.09. The molecule has 0 aliphatic carbocycles. The molecule has 1 amide bonds. The molecule has 0 saturated carbocycles. The zero-order valence-electron chi connectivity index (χ0n) is 7.51. The van der Waals surface area contributed by atoms with E-state index >= 15 is 0 Å². The lowest BCUT2D eigenvalue weighted by Gasteiger charge is -2.14. The van der Waals surface area contributed by atoms with Crippen LogP contribution in [0.15, 0.2) is 30.3 Å². The summed E-state index contributed by atoms with van der Waals surface area (Å²) in [6, 6.07) is 9.17. The summed E-state index contributed by atoms with van der Waals surface area (Å²) in [6.45, 7) is 0.135. The molecular formula is C9H12N2O3. The number of carbonyl (C=O) groups is 1. The lowest BCUT2D eigenvalue weighted by atomic mass is 10.1. The second-order valence-electron chi connectivity index (χ2n) is 2.72. The zero-order chi connectivity index (χ0) is 10.4. The van der Waals surface area contributed by atoms with E-state index in [2.05, 4.69) is 10.2 Å². The van der Waals surface area contributed by atoms with E-state index in [-0.39, 0.29) is 6.54 Å². The van der Waals surface area contributed by atoms with Crippen LogP contribution in [0.5, 0.6) is 0 Å². The Morgan fingerprint density at radius 1 is 1.50 bits per heavy atom. The number of nitrogens with two attached hydrogens (primary N) is 1. The monoisotopic (exact) mass is 196 g/mol. The van der Waals surface area contributed by atoms with Gasteiger partial charge in [-0.2, -0.15) is 0 Å². The topological polar surface area (TPSA) is 84.6 Å². The first-order chi connectivity index (χ1) is 6.74. The normalized spacial score (nSPS) is 12.1. The van der Waals surface area contributed by atoms with Crippen LogP contribution in [0.3, 0.4) is 0 Å². The number of hydrogen-bond acceptors (Lipinski definition) is 3. The molecule has 0 aliphatic rings. The van der Waals surface area contributed by atoms with Gasteiger partial charge in [0.1, 0.15) is 6.10 Å². The fraction of sp³-hybridized carbons (Fsp3) is 0.222. The van der Waals surface area contributed by atoms with E-state index < -0.39 is 12.2 Å². The number of amides is 1. The van der Waals surface area contributed by atoms with Gasteiger partial charge in [-0.3, -0.25) is 4.84 Å². The summed E-state index contributed by atoms with van der Waals surface area (Å²) >= 11 is 0. The van der Waals surface area contributed by atoms with Crippen molar-refractivity contribution in [2.75, 3.05) is 6.54 Å². The summed E-state index contributed by atoms with van der Waals surface area (Å²) in [4.78, 5) is 14.9. The summed E-state index contributed by atoms with van der Waals surface area (Å²) in [5.74, 6) is 5.06. The second-order valence-corrected chi connectivity index (χ2v) is 2.72. The Balaban J connectivity index is 2.58. The van der Waals surface area contributed by atoms with Crippen molar-refractivity contribution in [3.05, 3.63) is 35.9 Å². The molecule has 1 aromatic carbocycles. The molecule has 0 spiro atoms. The summed E-state index contributed by atoms with van der Waals surface area (Å²) in [7, 11) is 0. The van der Waals surface area contributed by atoms with E-state index in [1.165, 1.54) is 0 Å². The average molecular weight is 196 g/mol. The number of rotatable bonds is 4. The SMILES string of the molecule is NOC(CNC(=O)O)c1ccccc1. The van der Waals surface area contributed by atoms with Gasteiger partial charge in [-0.1, -0.05) is 30.3 Å². The quantitative estimate of drug-likeness (QED) is 0.624. The van der Waals surface area contributed by atoms with E-state index in [0.29, 0.717) is 0 Å². The Morgan fingerprint density at radius 3 is 2.64 bits per heavy atom. The van der Waals surface area contributed by atoms with Crippen molar-refractivity contribution in [1.29, 1.82) is 0 Å². The summed E-state index contributed by atoms with van der Waals surface area (Å²) in [6.07, 6.45) is -1.55. The van der Waals surface area contributed by atoms with Crippen molar-refractivity contribution in [3.63, 3.8) is 0 Å². The molecule has 0 aliphatic heterocycles. The first-order valence-electron chi connectivity index (χ1n) is 4.11. The van der Waals surface area contributed by atoms with E-state index in [1.54, 1.807) is 0 Å². The van der Waals surface area contributed by atoms with Crippen LogP contribution >= 0.6 is 0 Å². The summed E-state index contributed by atoms with van der Waals surface area (Å²) in [5, 5.41) is 10.6. The van der Waals surface area contributed by atoms with Gasteiger partial charge in [-0.05, 0) is 5.56 Å². The van der Waals surface area contributed by atoms with Crippen LogP contribution in [-0.2, 0) is 4.84 Å². The highest BCUT2D eigenvalue weighted by Gasteiger charge is 2.11. The molecule has 5 heteroatoms. The van der Waals surface area contributed by atoms with E-state index in [0.717, 1.165) is 5.56 Å². The van der Waals surface area contributed by atoms with E-state index in [1.807, 2.05) is 30.3 Å². The third-order valence-electron chi connectivity index (χ3n) is 1.77. The van der Waals surface area contributed by atoms with Gasteiger partial charge >= 0.3 is 6.09 Å². The molecule has 0 fully saturated rings. The van der Waals surface area contributed by atoms with Crippen LogP contribution in [-0.4, -0.2) is 17.7 Å². The van der Waals surface area contributed by atoms with E-state index in [4.69, 9.17) is 11.0 Å². The fourth-order valence-corrected chi connectivity index (χ4v) is 1.09. The molecule has 0 heterocycles. The maximum absolute atomic E-state index is 10.2. The zero-order valence-corrected chi connectivity index (χ0v) is 7.51. The predicted molar refractivity (Wildman–Crippen MR) is 50.5 cm³/mol. The van der Waals surface area contributed by atoms with Crippen LogP contribution in [0.1, 0.15) is 11.7 Å². The maximum Gasteiger partial charge on any atom is 0.404 e. The van der Waals surface area contributed by atoms with Gasteiger partial charge in [0.25, 0.3) is 0 Å². The molecule has 0 bridgehead atoms. The van der Waals surface area contributed by atoms with Gasteiger partial charge in [-0.15, -0.1) is 0 Å². The Kier molecular flexibility index (Phi) is 3.90. The van der Waals surface area contributed by atoms with Gasteiger partial charge in [0, 0.05) is 0 Å². The molecule has 0 aromatic heterocycles. The molecule has 1 rings (SSSR count). The molecule has 4 N–H and O–H groups in total. The number of nitrogens with one attached hydrogen (secondary N) is 1. The largest absolute Gasteiger partial charge is 0.465 e. The molecular weight excluding hydrogens is 184 g/mol. The van der Waals surface area contributed by atoms with Crippen molar-refractivity contribution in [3.8, 4) is 0 Å². The number of hydrogen-bond donors (Lipinski definition) is 3. The van der Waals surface area contributed by atoms with Crippen molar-refractivity contribution in [1.82, 2.24) is 5.32 Å². The fourth-order valence-electron chi connectivity index (χ4n) is 1.09. The van der Waals surface area contributed by atoms with Crippen molar-refractivity contribution in [2.24, 2.45) is 5.90 Å². The molecule has 1 unspecified atom stereocenters. The van der Waals surface area contributed by atoms with Gasteiger partial charge in [0.15, 0.2) is 0 Å². The van der Waals surface area contributed by atoms with Gasteiger partial charge in [0.05, 0.1) is 6.54 Å². The molecule has 1 aromatic rings. The first-order valence-corrected chi connectivity index (χ1v) is 4.11. The number of benzene rings is 1. The summed E-state index contributed by atoms with van der Waals surface area (Å²) < 4.78 is 0.